The molecule has 0 fully saturated rings. The van der Waals surface area contributed by atoms with E-state index in [-0.39, 0.29) is 0 Å². The molecule has 2 rings (SSSR count). The second kappa shape index (κ2) is 3.72. The molecule has 0 saturated carbocycles. The summed E-state index contributed by atoms with van der Waals surface area (Å²) in [6.07, 6.45) is 2.26. The van der Waals surface area contributed by atoms with Crippen molar-refractivity contribution >= 4 is 10.8 Å². The van der Waals surface area contributed by atoms with Crippen molar-refractivity contribution in [2.75, 3.05) is 0 Å². The van der Waals surface area contributed by atoms with Crippen molar-refractivity contribution in [2.45, 2.75) is 26.7 Å². The lowest BCUT2D eigenvalue weighted by Gasteiger charge is -2.03. The maximum Gasteiger partial charge on any atom is 0.0102 e. The first-order valence-corrected chi connectivity index (χ1v) is 5.14. The third-order valence-corrected chi connectivity index (χ3v) is 2.56. The number of fused-ring (bicyclic) bond motifs is 1. The van der Waals surface area contributed by atoms with Gasteiger partial charge in [0.2, 0.25) is 0 Å². The Morgan fingerprint density at radius 3 is 2.50 bits per heavy atom. The van der Waals surface area contributed by atoms with E-state index in [9.17, 15) is 0 Å². The molecule has 0 heterocycles. The van der Waals surface area contributed by atoms with E-state index in [1.165, 1.54) is 21.9 Å². The largest absolute Gasteiger partial charge is 0.0661 e. The third kappa shape index (κ3) is 1.46. The van der Waals surface area contributed by atoms with E-state index in [2.05, 4.69) is 50.2 Å². The molecular weight excluding hydrogens is 168 g/mol. The molecule has 0 unspecified atom stereocenters. The summed E-state index contributed by atoms with van der Waals surface area (Å²) >= 11 is 0. The Bertz CT molecular complexity index is 441. The molecule has 0 bridgehead atoms. The van der Waals surface area contributed by atoms with Gasteiger partial charge < -0.3 is 0 Å². The van der Waals surface area contributed by atoms with Gasteiger partial charge in [0, 0.05) is 11.1 Å². The van der Waals surface area contributed by atoms with Crippen LogP contribution in [-0.2, 0) is 6.42 Å². The molecule has 70 valence electrons. The fraction of sp³-hybridized carbons (Fsp3) is 0.286. The fourth-order valence-corrected chi connectivity index (χ4v) is 1.82. The first-order chi connectivity index (χ1) is 6.83. The van der Waals surface area contributed by atoms with Gasteiger partial charge >= 0.3 is 0 Å². The second-order valence-electron chi connectivity index (χ2n) is 3.65. The van der Waals surface area contributed by atoms with Crippen molar-refractivity contribution in [3.05, 3.63) is 47.5 Å². The van der Waals surface area contributed by atoms with Crippen LogP contribution in [0.1, 0.15) is 24.5 Å². The molecule has 2 aromatic carbocycles. The van der Waals surface area contributed by atoms with Gasteiger partial charge in [-0.15, -0.1) is 0 Å². The van der Waals surface area contributed by atoms with Gasteiger partial charge in [0.05, 0.1) is 0 Å². The standard InChI is InChI=1S/C14H14/c1-3-6-12-10-9-11(2)13-7-4-5-8-14(12)13/h4-5,7-8H,3,6H2,1-2H3. The molecule has 0 radical (unpaired) electrons. The molecule has 0 amide bonds. The first-order valence-electron chi connectivity index (χ1n) is 5.14. The molecule has 14 heavy (non-hydrogen) atoms. The first kappa shape index (κ1) is 9.09. The highest BCUT2D eigenvalue weighted by atomic mass is 14.0. The molecule has 0 aliphatic carbocycles. The van der Waals surface area contributed by atoms with Crippen LogP contribution in [0.3, 0.4) is 0 Å². The average molecular weight is 182 g/mol. The zero-order chi connectivity index (χ0) is 9.97. The molecule has 0 heteroatoms. The van der Waals surface area contributed by atoms with Crippen LogP contribution in [-0.4, -0.2) is 0 Å². The predicted molar refractivity (Wildman–Crippen MR) is 60.4 cm³/mol. The van der Waals surface area contributed by atoms with Gasteiger partial charge in [-0.05, 0) is 24.1 Å². The van der Waals surface area contributed by atoms with Crippen molar-refractivity contribution in [3.63, 3.8) is 0 Å². The molecule has 0 spiro atoms. The molecule has 0 N–H and O–H groups in total. The highest BCUT2D eigenvalue weighted by molar-refractivity contribution is 5.87. The minimum Gasteiger partial charge on any atom is -0.0661 e. The topological polar surface area (TPSA) is 0 Å². The monoisotopic (exact) mass is 182 g/mol. The van der Waals surface area contributed by atoms with Gasteiger partial charge in [0.15, 0.2) is 0 Å². The Hall–Kier alpha value is -1.48. The number of benzene rings is 1. The molecule has 2 aromatic rings. The van der Waals surface area contributed by atoms with Crippen LogP contribution >= 0.6 is 0 Å². The van der Waals surface area contributed by atoms with Gasteiger partial charge in [0.1, 0.15) is 0 Å². The van der Waals surface area contributed by atoms with E-state index < -0.39 is 0 Å². The Balaban J connectivity index is 2.68. The maximum atomic E-state index is 3.26. The minimum atomic E-state index is 1.09. The second-order valence-corrected chi connectivity index (χ2v) is 3.65. The van der Waals surface area contributed by atoms with Gasteiger partial charge in [-0.2, -0.15) is 0 Å². The summed E-state index contributed by atoms with van der Waals surface area (Å²) in [6, 6.07) is 15.0. The summed E-state index contributed by atoms with van der Waals surface area (Å²) in [5.74, 6) is 0. The van der Waals surface area contributed by atoms with Crippen molar-refractivity contribution in [3.8, 4) is 0 Å². The highest BCUT2D eigenvalue weighted by Gasteiger charge is 2.00. The Morgan fingerprint density at radius 1 is 1.07 bits per heavy atom. The summed E-state index contributed by atoms with van der Waals surface area (Å²) in [5.41, 5.74) is 2.49. The quantitative estimate of drug-likeness (QED) is 0.664. The van der Waals surface area contributed by atoms with E-state index in [1.807, 2.05) is 0 Å². The SMILES string of the molecule is CCCc1c#cc(C)c2ccccc12. The summed E-state index contributed by atoms with van der Waals surface area (Å²) in [5, 5.41) is 2.65. The van der Waals surface area contributed by atoms with Crippen LogP contribution in [0.5, 0.6) is 0 Å². The Morgan fingerprint density at radius 2 is 1.79 bits per heavy atom. The smallest absolute Gasteiger partial charge is 0.0102 e. The van der Waals surface area contributed by atoms with Crippen LogP contribution < -0.4 is 0 Å². The number of aryl methyl sites for hydroxylation is 2. The van der Waals surface area contributed by atoms with E-state index >= 15 is 0 Å². The van der Waals surface area contributed by atoms with Gasteiger partial charge in [0.25, 0.3) is 0 Å². The lowest BCUT2D eigenvalue weighted by atomic mass is 10.0. The number of hydrogen-bond acceptors (Lipinski definition) is 0. The summed E-state index contributed by atoms with van der Waals surface area (Å²) < 4.78 is 0. The van der Waals surface area contributed by atoms with Crippen LogP contribution in [0, 0.1) is 19.1 Å². The van der Waals surface area contributed by atoms with Gasteiger partial charge in [-0.3, -0.25) is 0 Å². The zero-order valence-corrected chi connectivity index (χ0v) is 8.72. The normalized spacial score (nSPS) is 10.1. The molecule has 0 saturated heterocycles. The summed E-state index contributed by atoms with van der Waals surface area (Å²) in [4.78, 5) is 0. The average Bonchev–Trinajstić information content (AvgIpc) is 2.23. The van der Waals surface area contributed by atoms with Crippen molar-refractivity contribution < 1.29 is 0 Å². The van der Waals surface area contributed by atoms with Crippen molar-refractivity contribution in [2.24, 2.45) is 0 Å². The maximum absolute atomic E-state index is 3.26. The fourth-order valence-electron chi connectivity index (χ4n) is 1.82. The lowest BCUT2D eigenvalue weighted by Crippen LogP contribution is -1.85. The number of hydrogen-bond donors (Lipinski definition) is 0. The highest BCUT2D eigenvalue weighted by Crippen LogP contribution is 2.20. The predicted octanol–water partition coefficient (Wildman–Crippen LogP) is 3.70. The van der Waals surface area contributed by atoms with E-state index in [1.54, 1.807) is 0 Å². The van der Waals surface area contributed by atoms with Gasteiger partial charge in [-0.25, -0.2) is 0 Å². The zero-order valence-electron chi connectivity index (χ0n) is 8.72. The van der Waals surface area contributed by atoms with E-state index in [0.29, 0.717) is 0 Å². The lowest BCUT2D eigenvalue weighted by molar-refractivity contribution is 0.930. The van der Waals surface area contributed by atoms with Crippen molar-refractivity contribution in [1.82, 2.24) is 0 Å². The molecule has 0 aliphatic rings. The molecule has 0 aromatic heterocycles. The van der Waals surface area contributed by atoms with Crippen LogP contribution in [0.25, 0.3) is 10.8 Å². The summed E-state index contributed by atoms with van der Waals surface area (Å²) in [7, 11) is 0. The van der Waals surface area contributed by atoms with E-state index in [0.717, 1.165) is 12.8 Å². The van der Waals surface area contributed by atoms with Crippen LogP contribution in [0.15, 0.2) is 24.3 Å². The van der Waals surface area contributed by atoms with Crippen molar-refractivity contribution in [1.29, 1.82) is 0 Å². The third-order valence-electron chi connectivity index (χ3n) is 2.56. The van der Waals surface area contributed by atoms with Crippen LogP contribution in [0.2, 0.25) is 0 Å². The Labute approximate surface area is 85.6 Å². The number of rotatable bonds is 2. The molecular formula is C14H14. The van der Waals surface area contributed by atoms with Crippen LogP contribution in [0.4, 0.5) is 0 Å². The Kier molecular flexibility index (Phi) is 2.41. The molecule has 0 atom stereocenters. The molecule has 0 nitrogen and oxygen atoms in total. The molecule has 0 aliphatic heterocycles. The van der Waals surface area contributed by atoms with Gasteiger partial charge in [-0.1, -0.05) is 49.7 Å². The summed E-state index contributed by atoms with van der Waals surface area (Å²) in [6.45, 7) is 4.29. The van der Waals surface area contributed by atoms with E-state index in [4.69, 9.17) is 0 Å². The minimum absolute atomic E-state index is 1.09.